The highest BCUT2D eigenvalue weighted by Gasteiger charge is 2.28. The van der Waals surface area contributed by atoms with Crippen LogP contribution in [0.3, 0.4) is 0 Å². The molecule has 4 aromatic heterocycles. The van der Waals surface area contributed by atoms with Gasteiger partial charge >= 0.3 is 0 Å². The lowest BCUT2D eigenvalue weighted by molar-refractivity contribution is 0.0938. The summed E-state index contributed by atoms with van der Waals surface area (Å²) in [6.45, 7) is 3.49. The van der Waals surface area contributed by atoms with Crippen molar-refractivity contribution in [3.8, 4) is 0 Å². The monoisotopic (exact) mass is 518 g/mol. The van der Waals surface area contributed by atoms with Crippen LogP contribution < -0.4 is 16.0 Å². The maximum atomic E-state index is 13.4. The van der Waals surface area contributed by atoms with E-state index in [0.29, 0.717) is 27.3 Å². The van der Waals surface area contributed by atoms with Crippen molar-refractivity contribution in [1.29, 1.82) is 0 Å². The first-order valence-electron chi connectivity index (χ1n) is 10.8. The van der Waals surface area contributed by atoms with Gasteiger partial charge in [-0.1, -0.05) is 28.0 Å². The molecular formula is C21H23ClN8O2S2. The average Bonchev–Trinajstić information content (AvgIpc) is 3.47. The molecule has 178 valence electrons. The summed E-state index contributed by atoms with van der Waals surface area (Å²) in [6.07, 6.45) is 7.37. The zero-order valence-electron chi connectivity index (χ0n) is 18.3. The second-order valence-corrected chi connectivity index (χ2v) is 12.0. The fourth-order valence-corrected chi connectivity index (χ4v) is 6.62. The summed E-state index contributed by atoms with van der Waals surface area (Å²) in [6, 6.07) is 3.27. The number of imidazole rings is 1. The van der Waals surface area contributed by atoms with Crippen molar-refractivity contribution in [1.82, 2.24) is 29.3 Å². The molecule has 1 saturated heterocycles. The van der Waals surface area contributed by atoms with E-state index in [9.17, 15) is 9.00 Å². The van der Waals surface area contributed by atoms with Gasteiger partial charge < -0.3 is 16.0 Å². The molecule has 1 aliphatic rings. The zero-order chi connectivity index (χ0) is 23.8. The van der Waals surface area contributed by atoms with Gasteiger partial charge in [-0.05, 0) is 18.6 Å². The molecule has 0 aromatic carbocycles. The third-order valence-corrected chi connectivity index (χ3v) is 9.31. The topological polar surface area (TPSA) is 123 Å². The molecule has 1 fully saturated rings. The predicted octanol–water partition coefficient (Wildman–Crippen LogP) is 2.06. The van der Waals surface area contributed by atoms with Crippen LogP contribution in [0.4, 0.5) is 11.6 Å². The number of nitrogen functional groups attached to an aromatic ring is 1. The number of carbonyl (C=O) groups is 1. The Kier molecular flexibility index (Phi) is 6.28. The molecule has 5 rings (SSSR count). The van der Waals surface area contributed by atoms with Gasteiger partial charge in [0.25, 0.3) is 5.91 Å². The summed E-state index contributed by atoms with van der Waals surface area (Å²) < 4.78 is 14.8. The molecular weight excluding hydrogens is 496 g/mol. The lowest BCUT2D eigenvalue weighted by atomic mass is 10.0. The fourth-order valence-electron chi connectivity index (χ4n) is 4.32. The maximum absolute atomic E-state index is 13.4. The average molecular weight is 519 g/mol. The van der Waals surface area contributed by atoms with Crippen LogP contribution in [-0.4, -0.2) is 58.7 Å². The number of hydrogen-bond acceptors (Lipinski definition) is 7. The largest absolute Gasteiger partial charge is 0.381 e. The minimum Gasteiger partial charge on any atom is -0.381 e. The first-order chi connectivity index (χ1) is 16.5. The smallest absolute Gasteiger partial charge is 0.259 e. The standard InChI is InChI=1S/C21H23ClN8O2S2/c1-2-15(26-20(31)17-18(23)27-30-5-3-4-25-19(17)30)13-10-14(22)16-11-24-12-29(16)21(13)28-6-8-34(33-32)9-7-28/h3-5,10-12,15H,2,6-9H2,1H3,(H2,23,27)(H,26,31). The molecule has 13 heteroatoms. The fraction of sp³-hybridized carbons (Fsp3) is 0.333. The Morgan fingerprint density at radius 1 is 1.38 bits per heavy atom. The van der Waals surface area contributed by atoms with Gasteiger partial charge in [-0.3, -0.25) is 9.20 Å². The number of nitrogens with two attached hydrogens (primary N) is 1. The number of pyridine rings is 1. The van der Waals surface area contributed by atoms with Crippen molar-refractivity contribution >= 4 is 60.0 Å². The highest BCUT2D eigenvalue weighted by atomic mass is 35.5. The molecule has 0 radical (unpaired) electrons. The van der Waals surface area contributed by atoms with Crippen LogP contribution in [-0.2, 0) is 19.7 Å². The Morgan fingerprint density at radius 2 is 2.18 bits per heavy atom. The van der Waals surface area contributed by atoms with E-state index < -0.39 is 0 Å². The van der Waals surface area contributed by atoms with Gasteiger partial charge in [0, 0.05) is 42.6 Å². The van der Waals surface area contributed by atoms with Gasteiger partial charge in [0.1, 0.15) is 27.9 Å². The molecule has 0 saturated carbocycles. The molecule has 4 aromatic rings. The summed E-state index contributed by atoms with van der Waals surface area (Å²) in [5.74, 6) is 2.33. The summed E-state index contributed by atoms with van der Waals surface area (Å²) in [5.41, 5.74) is 8.38. The molecule has 5 heterocycles. The van der Waals surface area contributed by atoms with E-state index >= 15 is 0 Å². The normalized spacial score (nSPS) is 15.6. The molecule has 1 amide bonds. The van der Waals surface area contributed by atoms with Crippen LogP contribution in [0.5, 0.6) is 0 Å². The van der Waals surface area contributed by atoms with E-state index in [1.165, 1.54) is 4.52 Å². The minimum absolute atomic E-state index is 0.118. The van der Waals surface area contributed by atoms with Crippen LogP contribution in [0.1, 0.15) is 35.3 Å². The van der Waals surface area contributed by atoms with E-state index in [1.807, 2.05) is 17.4 Å². The van der Waals surface area contributed by atoms with E-state index in [0.717, 1.165) is 41.5 Å². The summed E-state index contributed by atoms with van der Waals surface area (Å²) >= 11 is 6.62. The molecule has 1 unspecified atom stereocenters. The molecule has 0 spiro atoms. The number of nitrogens with one attached hydrogen (secondary N) is 1. The van der Waals surface area contributed by atoms with Gasteiger partial charge in [0.2, 0.25) is 0 Å². The first kappa shape index (κ1) is 22.8. The Bertz CT molecular complexity index is 1450. The quantitative estimate of drug-likeness (QED) is 0.414. The van der Waals surface area contributed by atoms with E-state index in [-0.39, 0.29) is 32.8 Å². The van der Waals surface area contributed by atoms with Crippen molar-refractivity contribution < 1.29 is 9.00 Å². The number of rotatable bonds is 5. The summed E-state index contributed by atoms with van der Waals surface area (Å²) in [4.78, 5) is 24.2. The van der Waals surface area contributed by atoms with Gasteiger partial charge in [0.05, 0.1) is 22.8 Å². The summed E-state index contributed by atoms with van der Waals surface area (Å²) in [5, 5.41) is 7.86. The Morgan fingerprint density at radius 3 is 2.91 bits per heavy atom. The van der Waals surface area contributed by atoms with E-state index in [1.54, 1.807) is 31.0 Å². The van der Waals surface area contributed by atoms with E-state index in [4.69, 9.17) is 17.3 Å². The number of fused-ring (bicyclic) bond motifs is 2. The van der Waals surface area contributed by atoms with Crippen molar-refractivity contribution in [3.63, 3.8) is 0 Å². The molecule has 10 nitrogen and oxygen atoms in total. The third kappa shape index (κ3) is 3.95. The second kappa shape index (κ2) is 9.35. The van der Waals surface area contributed by atoms with Gasteiger partial charge in [-0.15, -0.1) is 5.10 Å². The highest BCUT2D eigenvalue weighted by molar-refractivity contribution is 8.31. The first-order valence-corrected chi connectivity index (χ1v) is 14.0. The van der Waals surface area contributed by atoms with Crippen molar-refractivity contribution in [3.05, 3.63) is 53.2 Å². The van der Waals surface area contributed by atoms with E-state index in [2.05, 4.69) is 25.3 Å². The SMILES string of the molecule is CCC(NC(=O)c1c(N)nn2cccnc12)c1cc(Cl)c2cncn2c1N1CCS(=S=O)CC1. The zero-order valence-corrected chi connectivity index (χ0v) is 20.7. The van der Waals surface area contributed by atoms with Gasteiger partial charge in [0.15, 0.2) is 11.5 Å². The van der Waals surface area contributed by atoms with Crippen LogP contribution in [0, 0.1) is 0 Å². The van der Waals surface area contributed by atoms with Crippen LogP contribution in [0.25, 0.3) is 11.2 Å². The molecule has 1 aliphatic heterocycles. The highest BCUT2D eigenvalue weighted by Crippen LogP contribution is 2.35. The number of anilines is 2. The molecule has 1 atom stereocenters. The van der Waals surface area contributed by atoms with Crippen LogP contribution in [0.2, 0.25) is 5.02 Å². The van der Waals surface area contributed by atoms with Crippen molar-refractivity contribution in [2.24, 2.45) is 0 Å². The van der Waals surface area contributed by atoms with Crippen molar-refractivity contribution in [2.45, 2.75) is 19.4 Å². The number of amides is 1. The third-order valence-electron chi connectivity index (χ3n) is 5.96. The molecule has 34 heavy (non-hydrogen) atoms. The Hall–Kier alpha value is -2.96. The van der Waals surface area contributed by atoms with Crippen molar-refractivity contribution in [2.75, 3.05) is 35.2 Å². The number of halogens is 1. The number of hydrogen-bond donors (Lipinski definition) is 2. The lowest BCUT2D eigenvalue weighted by Gasteiger charge is -2.33. The number of nitrogens with zero attached hydrogens (tertiary/aromatic N) is 6. The number of aromatic nitrogens is 5. The van der Waals surface area contributed by atoms with Gasteiger partial charge in [-0.2, -0.15) is 0 Å². The number of carbonyl (C=O) groups excluding carboxylic acids is 1. The second-order valence-electron chi connectivity index (χ2n) is 7.91. The Balaban J connectivity index is 1.56. The molecule has 3 N–H and O–H groups in total. The molecule has 0 bridgehead atoms. The lowest BCUT2D eigenvalue weighted by Crippen LogP contribution is -2.40. The van der Waals surface area contributed by atoms with Crippen LogP contribution in [0.15, 0.2) is 37.1 Å². The minimum atomic E-state index is -0.353. The maximum Gasteiger partial charge on any atom is 0.259 e. The Labute approximate surface area is 205 Å². The van der Waals surface area contributed by atoms with Crippen LogP contribution >= 0.6 is 11.6 Å². The molecule has 0 aliphatic carbocycles. The predicted molar refractivity (Wildman–Crippen MR) is 136 cm³/mol. The summed E-state index contributed by atoms with van der Waals surface area (Å²) in [7, 11) is 0.532. The van der Waals surface area contributed by atoms with Gasteiger partial charge in [-0.25, -0.2) is 18.7 Å².